The molecule has 20 heavy (non-hydrogen) atoms. The van der Waals surface area contributed by atoms with Crippen LogP contribution in [0.1, 0.15) is 38.2 Å². The number of nitrogens with two attached hydrogens (primary N) is 1. The standard InChI is InChI=1S/C16H24N2O2/c1-12(2)14-7-3-4-8-15(14)20-13-6-5-9-18(11-13)16(19)10-17/h3-4,7-8,12-13H,5-6,9-11,17H2,1-2H3. The number of rotatable bonds is 4. The van der Waals surface area contributed by atoms with Crippen molar-refractivity contribution in [3.05, 3.63) is 29.8 Å². The predicted octanol–water partition coefficient (Wildman–Crippen LogP) is 2.14. The average molecular weight is 276 g/mol. The Morgan fingerprint density at radius 2 is 2.20 bits per heavy atom. The Hall–Kier alpha value is -1.55. The number of hydrogen-bond acceptors (Lipinski definition) is 3. The number of benzene rings is 1. The fourth-order valence-corrected chi connectivity index (χ4v) is 2.63. The van der Waals surface area contributed by atoms with Crippen LogP contribution in [0.15, 0.2) is 24.3 Å². The summed E-state index contributed by atoms with van der Waals surface area (Å²) >= 11 is 0. The summed E-state index contributed by atoms with van der Waals surface area (Å²) in [6, 6.07) is 8.14. The molecule has 110 valence electrons. The Morgan fingerprint density at radius 3 is 2.90 bits per heavy atom. The summed E-state index contributed by atoms with van der Waals surface area (Å²) in [6.07, 6.45) is 2.03. The van der Waals surface area contributed by atoms with Crippen LogP contribution >= 0.6 is 0 Å². The van der Waals surface area contributed by atoms with E-state index in [1.54, 1.807) is 0 Å². The van der Waals surface area contributed by atoms with Gasteiger partial charge in [0.05, 0.1) is 13.1 Å². The van der Waals surface area contributed by atoms with Crippen molar-refractivity contribution in [3.8, 4) is 5.75 Å². The zero-order chi connectivity index (χ0) is 14.5. The molecular formula is C16H24N2O2. The topological polar surface area (TPSA) is 55.6 Å². The molecule has 0 bridgehead atoms. The lowest BCUT2D eigenvalue weighted by Crippen LogP contribution is -2.46. The largest absolute Gasteiger partial charge is 0.488 e. The molecule has 1 aliphatic rings. The third-order valence-corrected chi connectivity index (χ3v) is 3.74. The summed E-state index contributed by atoms with van der Waals surface area (Å²) < 4.78 is 6.14. The minimum absolute atomic E-state index is 0.00967. The van der Waals surface area contributed by atoms with Crippen molar-refractivity contribution in [2.24, 2.45) is 5.73 Å². The number of piperidine rings is 1. The van der Waals surface area contributed by atoms with E-state index in [9.17, 15) is 4.79 Å². The molecule has 0 saturated carbocycles. The lowest BCUT2D eigenvalue weighted by atomic mass is 10.0. The molecule has 2 rings (SSSR count). The highest BCUT2D eigenvalue weighted by atomic mass is 16.5. The second-order valence-electron chi connectivity index (χ2n) is 5.62. The summed E-state index contributed by atoms with van der Waals surface area (Å²) in [5.41, 5.74) is 6.65. The molecule has 0 aromatic heterocycles. The van der Waals surface area contributed by atoms with Gasteiger partial charge in [-0.2, -0.15) is 0 Å². The van der Waals surface area contributed by atoms with E-state index in [1.807, 2.05) is 23.1 Å². The van der Waals surface area contributed by atoms with Gasteiger partial charge in [0.1, 0.15) is 11.9 Å². The summed E-state index contributed by atoms with van der Waals surface area (Å²) in [6.45, 7) is 5.83. The molecule has 0 spiro atoms. The normalized spacial score (nSPS) is 19.2. The molecule has 4 nitrogen and oxygen atoms in total. The van der Waals surface area contributed by atoms with E-state index in [4.69, 9.17) is 10.5 Å². The van der Waals surface area contributed by atoms with Crippen LogP contribution in [0.5, 0.6) is 5.75 Å². The van der Waals surface area contributed by atoms with Gasteiger partial charge in [0, 0.05) is 6.54 Å². The van der Waals surface area contributed by atoms with Crippen LogP contribution in [0.25, 0.3) is 0 Å². The van der Waals surface area contributed by atoms with Gasteiger partial charge in [-0.15, -0.1) is 0 Å². The molecule has 1 aromatic carbocycles. The van der Waals surface area contributed by atoms with E-state index >= 15 is 0 Å². The number of ether oxygens (including phenoxy) is 1. The SMILES string of the molecule is CC(C)c1ccccc1OC1CCCN(C(=O)CN)C1. The first-order valence-electron chi connectivity index (χ1n) is 7.35. The van der Waals surface area contributed by atoms with Crippen LogP contribution in [0.3, 0.4) is 0 Å². The number of para-hydroxylation sites is 1. The van der Waals surface area contributed by atoms with Gasteiger partial charge in [-0.3, -0.25) is 4.79 Å². The second-order valence-corrected chi connectivity index (χ2v) is 5.62. The van der Waals surface area contributed by atoms with Gasteiger partial charge < -0.3 is 15.4 Å². The molecular weight excluding hydrogens is 252 g/mol. The van der Waals surface area contributed by atoms with Gasteiger partial charge in [-0.1, -0.05) is 32.0 Å². The Morgan fingerprint density at radius 1 is 1.45 bits per heavy atom. The van der Waals surface area contributed by atoms with Gasteiger partial charge in [0.25, 0.3) is 0 Å². The molecule has 4 heteroatoms. The molecule has 1 amide bonds. The number of carbonyl (C=O) groups excluding carboxylic acids is 1. The van der Waals surface area contributed by atoms with Crippen molar-refractivity contribution in [1.29, 1.82) is 0 Å². The molecule has 0 aliphatic carbocycles. The van der Waals surface area contributed by atoms with Crippen LogP contribution in [0, 0.1) is 0 Å². The minimum Gasteiger partial charge on any atom is -0.488 e. The van der Waals surface area contributed by atoms with Crippen molar-refractivity contribution < 1.29 is 9.53 Å². The first-order valence-corrected chi connectivity index (χ1v) is 7.35. The maximum Gasteiger partial charge on any atom is 0.236 e. The lowest BCUT2D eigenvalue weighted by molar-refractivity contribution is -0.132. The molecule has 1 aliphatic heterocycles. The quantitative estimate of drug-likeness (QED) is 0.916. The highest BCUT2D eigenvalue weighted by molar-refractivity contribution is 5.78. The number of amides is 1. The van der Waals surface area contributed by atoms with Crippen molar-refractivity contribution in [2.75, 3.05) is 19.6 Å². The van der Waals surface area contributed by atoms with Gasteiger partial charge in [0.2, 0.25) is 5.91 Å². The first-order chi connectivity index (χ1) is 9.61. The van der Waals surface area contributed by atoms with E-state index in [0.717, 1.165) is 25.1 Å². The average Bonchev–Trinajstić information content (AvgIpc) is 2.47. The predicted molar refractivity (Wildman–Crippen MR) is 79.8 cm³/mol. The van der Waals surface area contributed by atoms with Gasteiger partial charge >= 0.3 is 0 Å². The van der Waals surface area contributed by atoms with Crippen molar-refractivity contribution in [1.82, 2.24) is 4.90 Å². The maximum absolute atomic E-state index is 11.7. The van der Waals surface area contributed by atoms with Crippen LogP contribution in [0.2, 0.25) is 0 Å². The van der Waals surface area contributed by atoms with Gasteiger partial charge in [-0.05, 0) is 30.4 Å². The number of carbonyl (C=O) groups is 1. The molecule has 2 N–H and O–H groups in total. The molecule has 1 heterocycles. The smallest absolute Gasteiger partial charge is 0.236 e. The summed E-state index contributed by atoms with van der Waals surface area (Å²) in [4.78, 5) is 13.5. The third-order valence-electron chi connectivity index (χ3n) is 3.74. The Balaban J connectivity index is 2.04. The van der Waals surface area contributed by atoms with Crippen LogP contribution < -0.4 is 10.5 Å². The third kappa shape index (κ3) is 3.51. The fraction of sp³-hybridized carbons (Fsp3) is 0.562. The molecule has 0 radical (unpaired) electrons. The summed E-state index contributed by atoms with van der Waals surface area (Å²) in [7, 11) is 0. The van der Waals surface area contributed by atoms with Crippen LogP contribution in [-0.2, 0) is 4.79 Å². The molecule has 1 fully saturated rings. The highest BCUT2D eigenvalue weighted by Gasteiger charge is 2.24. The van der Waals surface area contributed by atoms with Crippen molar-refractivity contribution in [3.63, 3.8) is 0 Å². The number of likely N-dealkylation sites (tertiary alicyclic amines) is 1. The molecule has 1 saturated heterocycles. The van der Waals surface area contributed by atoms with Crippen LogP contribution in [-0.4, -0.2) is 36.5 Å². The second kappa shape index (κ2) is 6.75. The fourth-order valence-electron chi connectivity index (χ4n) is 2.63. The number of nitrogens with zero attached hydrogens (tertiary/aromatic N) is 1. The molecule has 1 unspecified atom stereocenters. The van der Waals surface area contributed by atoms with Crippen molar-refractivity contribution in [2.45, 2.75) is 38.7 Å². The van der Waals surface area contributed by atoms with E-state index in [1.165, 1.54) is 5.56 Å². The highest BCUT2D eigenvalue weighted by Crippen LogP contribution is 2.28. The van der Waals surface area contributed by atoms with Crippen molar-refractivity contribution >= 4 is 5.91 Å². The van der Waals surface area contributed by atoms with E-state index in [0.29, 0.717) is 12.5 Å². The zero-order valence-corrected chi connectivity index (χ0v) is 12.3. The van der Waals surface area contributed by atoms with E-state index in [2.05, 4.69) is 19.9 Å². The first kappa shape index (κ1) is 14.9. The number of hydrogen-bond donors (Lipinski definition) is 1. The van der Waals surface area contributed by atoms with Gasteiger partial charge in [0.15, 0.2) is 0 Å². The monoisotopic (exact) mass is 276 g/mol. The summed E-state index contributed by atoms with van der Waals surface area (Å²) in [5, 5.41) is 0. The summed E-state index contributed by atoms with van der Waals surface area (Å²) in [5.74, 6) is 1.38. The Bertz CT molecular complexity index is 460. The van der Waals surface area contributed by atoms with Gasteiger partial charge in [-0.25, -0.2) is 0 Å². The maximum atomic E-state index is 11.7. The lowest BCUT2D eigenvalue weighted by Gasteiger charge is -2.33. The van der Waals surface area contributed by atoms with E-state index in [-0.39, 0.29) is 18.6 Å². The molecule has 1 atom stereocenters. The Labute approximate surface area is 120 Å². The molecule has 1 aromatic rings. The Kier molecular flexibility index (Phi) is 5.01. The zero-order valence-electron chi connectivity index (χ0n) is 12.3. The van der Waals surface area contributed by atoms with E-state index < -0.39 is 0 Å². The minimum atomic E-state index is 0.00967. The van der Waals surface area contributed by atoms with Crippen LogP contribution in [0.4, 0.5) is 0 Å².